The molecule has 1 N–H and O–H groups in total. The lowest BCUT2D eigenvalue weighted by atomic mass is 10.5. The van der Waals surface area contributed by atoms with E-state index in [1.54, 1.807) is 11.8 Å². The molecule has 0 aliphatic rings. The van der Waals surface area contributed by atoms with Gasteiger partial charge in [-0.25, -0.2) is 4.68 Å². The number of nitrogens with one attached hydrogen (secondary N) is 1. The molecule has 7 heteroatoms. The first-order valence-electron chi connectivity index (χ1n) is 6.55. The van der Waals surface area contributed by atoms with Crippen molar-refractivity contribution < 1.29 is 4.74 Å². The molecule has 0 aliphatic carbocycles. The molecule has 1 aromatic heterocycles. The van der Waals surface area contributed by atoms with Crippen LogP contribution in [-0.2, 0) is 11.3 Å². The molecule has 0 aliphatic heterocycles. The van der Waals surface area contributed by atoms with E-state index in [-0.39, 0.29) is 0 Å². The van der Waals surface area contributed by atoms with E-state index in [2.05, 4.69) is 27.8 Å². The lowest BCUT2D eigenvalue weighted by Crippen LogP contribution is -2.21. The fourth-order valence-electron chi connectivity index (χ4n) is 1.40. The van der Waals surface area contributed by atoms with Crippen LogP contribution in [0, 0.1) is 0 Å². The Morgan fingerprint density at radius 1 is 1.33 bits per heavy atom. The third-order valence-electron chi connectivity index (χ3n) is 2.29. The molecule has 0 bridgehead atoms. The molecule has 0 fully saturated rings. The molecule has 0 aromatic carbocycles. The number of tetrazole rings is 1. The Balaban J connectivity index is 2.18. The minimum Gasteiger partial charge on any atom is -0.382 e. The number of rotatable bonds is 11. The Hall–Kier alpha value is -0.660. The van der Waals surface area contributed by atoms with E-state index >= 15 is 0 Å². The number of ether oxygens (including phenoxy) is 1. The van der Waals surface area contributed by atoms with Crippen LogP contribution in [0.5, 0.6) is 0 Å². The second-order valence-corrected chi connectivity index (χ2v) is 4.90. The third-order valence-corrected chi connectivity index (χ3v) is 3.34. The molecule has 0 unspecified atom stereocenters. The van der Waals surface area contributed by atoms with Crippen molar-refractivity contribution in [2.45, 2.75) is 38.4 Å². The van der Waals surface area contributed by atoms with Crippen molar-refractivity contribution in [3.8, 4) is 0 Å². The Bertz CT molecular complexity index is 307. The van der Waals surface area contributed by atoms with Gasteiger partial charge in [-0.3, -0.25) is 0 Å². The van der Waals surface area contributed by atoms with Crippen molar-refractivity contribution >= 4 is 11.8 Å². The van der Waals surface area contributed by atoms with Gasteiger partial charge < -0.3 is 10.1 Å². The number of nitrogens with zero attached hydrogens (tertiary/aromatic N) is 4. The van der Waals surface area contributed by atoms with Gasteiger partial charge in [0.1, 0.15) is 0 Å². The maximum absolute atomic E-state index is 5.29. The van der Waals surface area contributed by atoms with Crippen LogP contribution in [0.3, 0.4) is 0 Å². The molecule has 6 nitrogen and oxygen atoms in total. The normalized spacial score (nSPS) is 11.0. The molecule has 18 heavy (non-hydrogen) atoms. The predicted molar refractivity (Wildman–Crippen MR) is 72.8 cm³/mol. The molecule has 104 valence electrons. The highest BCUT2D eigenvalue weighted by Gasteiger charge is 2.05. The largest absolute Gasteiger partial charge is 0.382 e. The molecular formula is C11H23N5OS. The van der Waals surface area contributed by atoms with E-state index < -0.39 is 0 Å². The van der Waals surface area contributed by atoms with Crippen LogP contribution in [0.4, 0.5) is 0 Å². The summed E-state index contributed by atoms with van der Waals surface area (Å²) in [7, 11) is 0. The summed E-state index contributed by atoms with van der Waals surface area (Å²) in [6, 6.07) is 0. The SMILES string of the molecule is CCCNCCn1nnnc1SCCCOCC. The van der Waals surface area contributed by atoms with Gasteiger partial charge in [0, 0.05) is 25.5 Å². The van der Waals surface area contributed by atoms with Gasteiger partial charge in [0.05, 0.1) is 6.54 Å². The number of hydrogen-bond donors (Lipinski definition) is 1. The first kappa shape index (κ1) is 15.4. The van der Waals surface area contributed by atoms with Gasteiger partial charge in [-0.15, -0.1) is 5.10 Å². The monoisotopic (exact) mass is 273 g/mol. The van der Waals surface area contributed by atoms with E-state index in [0.29, 0.717) is 0 Å². The Morgan fingerprint density at radius 3 is 3.00 bits per heavy atom. The van der Waals surface area contributed by atoms with E-state index in [1.165, 1.54) is 0 Å². The summed E-state index contributed by atoms with van der Waals surface area (Å²) >= 11 is 1.69. The first-order valence-corrected chi connectivity index (χ1v) is 7.54. The Morgan fingerprint density at radius 2 is 2.22 bits per heavy atom. The summed E-state index contributed by atoms with van der Waals surface area (Å²) in [4.78, 5) is 0. The zero-order valence-electron chi connectivity index (χ0n) is 11.3. The van der Waals surface area contributed by atoms with E-state index in [1.807, 2.05) is 11.6 Å². The van der Waals surface area contributed by atoms with Crippen LogP contribution >= 0.6 is 11.8 Å². The van der Waals surface area contributed by atoms with E-state index in [9.17, 15) is 0 Å². The van der Waals surface area contributed by atoms with Crippen molar-refractivity contribution in [2.75, 3.05) is 32.1 Å². The molecule has 0 spiro atoms. The van der Waals surface area contributed by atoms with Crippen LogP contribution in [0.15, 0.2) is 5.16 Å². The average Bonchev–Trinajstić information content (AvgIpc) is 2.82. The summed E-state index contributed by atoms with van der Waals surface area (Å²) in [5.41, 5.74) is 0. The Labute approximate surface area is 113 Å². The highest BCUT2D eigenvalue weighted by atomic mass is 32.2. The highest BCUT2D eigenvalue weighted by Crippen LogP contribution is 2.14. The molecule has 0 saturated heterocycles. The van der Waals surface area contributed by atoms with Crippen LogP contribution in [0.2, 0.25) is 0 Å². The van der Waals surface area contributed by atoms with Gasteiger partial charge in [0.15, 0.2) is 0 Å². The molecule has 0 radical (unpaired) electrons. The van der Waals surface area contributed by atoms with Crippen LogP contribution in [0.1, 0.15) is 26.7 Å². The second-order valence-electron chi connectivity index (χ2n) is 3.83. The fourth-order valence-corrected chi connectivity index (χ4v) is 2.21. The van der Waals surface area contributed by atoms with Gasteiger partial charge in [-0.2, -0.15) is 0 Å². The lowest BCUT2D eigenvalue weighted by Gasteiger charge is -2.05. The summed E-state index contributed by atoms with van der Waals surface area (Å²) in [6.07, 6.45) is 2.17. The standard InChI is InChI=1S/C11H23N5OS/c1-3-6-12-7-8-16-11(13-14-15-16)18-10-5-9-17-4-2/h12H,3-10H2,1-2H3. The zero-order valence-corrected chi connectivity index (χ0v) is 12.1. The molecule has 0 atom stereocenters. The number of aromatic nitrogens is 4. The highest BCUT2D eigenvalue weighted by molar-refractivity contribution is 7.99. The smallest absolute Gasteiger partial charge is 0.209 e. The van der Waals surface area contributed by atoms with E-state index in [4.69, 9.17) is 4.74 Å². The minimum absolute atomic E-state index is 0.783. The predicted octanol–water partition coefficient (Wildman–Crippen LogP) is 1.19. The van der Waals surface area contributed by atoms with Gasteiger partial charge in [0.2, 0.25) is 5.16 Å². The van der Waals surface area contributed by atoms with E-state index in [0.717, 1.165) is 56.6 Å². The van der Waals surface area contributed by atoms with Crippen molar-refractivity contribution in [1.29, 1.82) is 0 Å². The molecule has 1 heterocycles. The van der Waals surface area contributed by atoms with Crippen molar-refractivity contribution in [2.24, 2.45) is 0 Å². The van der Waals surface area contributed by atoms with Gasteiger partial charge in [0.25, 0.3) is 0 Å². The zero-order chi connectivity index (χ0) is 13.1. The van der Waals surface area contributed by atoms with Gasteiger partial charge in [-0.05, 0) is 36.7 Å². The average molecular weight is 273 g/mol. The fraction of sp³-hybridized carbons (Fsp3) is 0.909. The summed E-state index contributed by atoms with van der Waals surface area (Å²) < 4.78 is 7.15. The lowest BCUT2D eigenvalue weighted by molar-refractivity contribution is 0.149. The second kappa shape index (κ2) is 10.3. The van der Waals surface area contributed by atoms with Crippen LogP contribution in [0.25, 0.3) is 0 Å². The Kier molecular flexibility index (Phi) is 8.79. The topological polar surface area (TPSA) is 64.9 Å². The van der Waals surface area contributed by atoms with Crippen molar-refractivity contribution in [3.63, 3.8) is 0 Å². The van der Waals surface area contributed by atoms with Gasteiger partial charge >= 0.3 is 0 Å². The van der Waals surface area contributed by atoms with Crippen LogP contribution in [-0.4, -0.2) is 52.3 Å². The van der Waals surface area contributed by atoms with Gasteiger partial charge in [-0.1, -0.05) is 18.7 Å². The molecule has 0 saturated carbocycles. The van der Waals surface area contributed by atoms with Crippen molar-refractivity contribution in [3.05, 3.63) is 0 Å². The minimum atomic E-state index is 0.783. The molecule has 0 amide bonds. The quantitative estimate of drug-likeness (QED) is 0.483. The number of thioether (sulfide) groups is 1. The van der Waals surface area contributed by atoms with Crippen molar-refractivity contribution in [1.82, 2.24) is 25.5 Å². The number of hydrogen-bond acceptors (Lipinski definition) is 6. The molecule has 1 rings (SSSR count). The summed E-state index contributed by atoms with van der Waals surface area (Å²) in [6.45, 7) is 8.53. The molecular weight excluding hydrogens is 250 g/mol. The first-order chi connectivity index (χ1) is 8.88. The maximum atomic E-state index is 5.29. The van der Waals surface area contributed by atoms with Crippen LogP contribution < -0.4 is 5.32 Å². The molecule has 1 aromatic rings. The maximum Gasteiger partial charge on any atom is 0.209 e. The summed E-state index contributed by atoms with van der Waals surface area (Å²) in [5.74, 6) is 0.989. The summed E-state index contributed by atoms with van der Waals surface area (Å²) in [5, 5.41) is 16.0. The third kappa shape index (κ3) is 6.32.